The number of aryl methyl sites for hydroxylation is 2. The van der Waals surface area contributed by atoms with Crippen LogP contribution in [-0.4, -0.2) is 23.6 Å². The van der Waals surface area contributed by atoms with Crippen molar-refractivity contribution in [2.75, 3.05) is 7.11 Å². The van der Waals surface area contributed by atoms with E-state index in [1.54, 1.807) is 6.07 Å². The van der Waals surface area contributed by atoms with Crippen LogP contribution in [0.3, 0.4) is 0 Å². The molecule has 0 saturated heterocycles. The average molecular weight is 374 g/mol. The third-order valence-corrected chi connectivity index (χ3v) is 5.75. The van der Waals surface area contributed by atoms with Gasteiger partial charge in [0.15, 0.2) is 4.80 Å². The van der Waals surface area contributed by atoms with Gasteiger partial charge in [-0.25, -0.2) is 0 Å². The predicted molar refractivity (Wildman–Crippen MR) is 100 cm³/mol. The van der Waals surface area contributed by atoms with Gasteiger partial charge in [0.1, 0.15) is 0 Å². The van der Waals surface area contributed by atoms with Gasteiger partial charge in [0.25, 0.3) is 5.91 Å². The number of esters is 1. The number of nitrogens with zero attached hydrogens (tertiary/aromatic N) is 2. The monoisotopic (exact) mass is 374 g/mol. The second-order valence-corrected chi connectivity index (χ2v) is 7.37. The summed E-state index contributed by atoms with van der Waals surface area (Å²) >= 11 is 2.84. The Morgan fingerprint density at radius 1 is 1.28 bits per heavy atom. The van der Waals surface area contributed by atoms with Crippen molar-refractivity contribution in [2.24, 2.45) is 4.99 Å². The van der Waals surface area contributed by atoms with Crippen LogP contribution in [0.15, 0.2) is 40.7 Å². The maximum absolute atomic E-state index is 12.4. The minimum atomic E-state index is -0.285. The SMILES string of the molecule is CCc1ccc2c(c1)sc(=NC(=O)c1cccs1)n2CCC(=O)OC. The van der Waals surface area contributed by atoms with Crippen LogP contribution >= 0.6 is 22.7 Å². The lowest BCUT2D eigenvalue weighted by atomic mass is 10.2. The van der Waals surface area contributed by atoms with Crippen molar-refractivity contribution in [2.45, 2.75) is 26.3 Å². The van der Waals surface area contributed by atoms with Crippen LogP contribution in [0.2, 0.25) is 0 Å². The topological polar surface area (TPSA) is 60.7 Å². The molecular weight excluding hydrogens is 356 g/mol. The van der Waals surface area contributed by atoms with E-state index >= 15 is 0 Å². The number of carbonyl (C=O) groups excluding carboxylic acids is 2. The van der Waals surface area contributed by atoms with Crippen LogP contribution < -0.4 is 4.80 Å². The predicted octanol–water partition coefficient (Wildman–Crippen LogP) is 3.63. The molecule has 3 rings (SSSR count). The number of rotatable bonds is 5. The first-order chi connectivity index (χ1) is 12.1. The molecule has 0 fully saturated rings. The fourth-order valence-electron chi connectivity index (χ4n) is 2.49. The molecule has 0 aliphatic carbocycles. The number of amides is 1. The summed E-state index contributed by atoms with van der Waals surface area (Å²) in [6.07, 6.45) is 1.18. The lowest BCUT2D eigenvalue weighted by molar-refractivity contribution is -0.140. The summed E-state index contributed by atoms with van der Waals surface area (Å²) in [7, 11) is 1.37. The molecule has 0 unspecified atom stereocenters. The van der Waals surface area contributed by atoms with Crippen LogP contribution in [0.1, 0.15) is 28.6 Å². The first-order valence-electron chi connectivity index (χ1n) is 7.94. The molecule has 0 spiro atoms. The largest absolute Gasteiger partial charge is 0.469 e. The standard InChI is InChI=1S/C18H18N2O3S2/c1-3-12-6-7-13-15(11-12)25-18(20(13)9-8-16(21)23-2)19-17(22)14-5-4-10-24-14/h4-7,10-11H,3,8-9H2,1-2H3. The Morgan fingerprint density at radius 3 is 2.80 bits per heavy atom. The molecular formula is C18H18N2O3S2. The number of ether oxygens (including phenoxy) is 1. The Hall–Kier alpha value is -2.25. The minimum Gasteiger partial charge on any atom is -0.469 e. The Kier molecular flexibility index (Phi) is 5.45. The van der Waals surface area contributed by atoms with E-state index in [1.807, 2.05) is 22.1 Å². The summed E-state index contributed by atoms with van der Waals surface area (Å²) in [6, 6.07) is 9.80. The van der Waals surface area contributed by atoms with Crippen molar-refractivity contribution in [3.63, 3.8) is 0 Å². The number of hydrogen-bond acceptors (Lipinski definition) is 5. The highest BCUT2D eigenvalue weighted by Gasteiger charge is 2.12. The first kappa shape index (κ1) is 17.6. The molecule has 0 aliphatic heterocycles. The molecule has 5 nitrogen and oxygen atoms in total. The van der Waals surface area contributed by atoms with E-state index in [0.717, 1.165) is 16.6 Å². The Morgan fingerprint density at radius 2 is 2.12 bits per heavy atom. The van der Waals surface area contributed by atoms with E-state index in [2.05, 4.69) is 24.0 Å². The summed E-state index contributed by atoms with van der Waals surface area (Å²) in [5.74, 6) is -0.545. The smallest absolute Gasteiger partial charge is 0.307 e. The van der Waals surface area contributed by atoms with Gasteiger partial charge in [-0.3, -0.25) is 9.59 Å². The van der Waals surface area contributed by atoms with Crippen molar-refractivity contribution in [3.05, 3.63) is 51.0 Å². The fourth-order valence-corrected chi connectivity index (χ4v) is 4.21. The Labute approximate surface area is 153 Å². The number of aromatic nitrogens is 1. The Bertz CT molecular complexity index is 968. The van der Waals surface area contributed by atoms with E-state index in [4.69, 9.17) is 4.74 Å². The number of hydrogen-bond donors (Lipinski definition) is 0. The second-order valence-electron chi connectivity index (χ2n) is 5.41. The maximum atomic E-state index is 12.4. The van der Waals surface area contributed by atoms with Crippen LogP contribution in [0.4, 0.5) is 0 Å². The highest BCUT2D eigenvalue weighted by molar-refractivity contribution is 7.16. The molecule has 0 atom stereocenters. The van der Waals surface area contributed by atoms with Gasteiger partial charge < -0.3 is 9.30 Å². The number of thiazole rings is 1. The average Bonchev–Trinajstić information content (AvgIpc) is 3.27. The van der Waals surface area contributed by atoms with Crippen molar-refractivity contribution in [3.8, 4) is 0 Å². The molecule has 0 N–H and O–H groups in total. The zero-order valence-electron chi connectivity index (χ0n) is 14.0. The van der Waals surface area contributed by atoms with Gasteiger partial charge in [-0.1, -0.05) is 30.4 Å². The van der Waals surface area contributed by atoms with Crippen molar-refractivity contribution >= 4 is 44.8 Å². The van der Waals surface area contributed by atoms with Crippen LogP contribution in [0.25, 0.3) is 10.2 Å². The molecule has 25 heavy (non-hydrogen) atoms. The fraction of sp³-hybridized carbons (Fsp3) is 0.278. The molecule has 2 aromatic heterocycles. The molecule has 130 valence electrons. The maximum Gasteiger partial charge on any atom is 0.307 e. The molecule has 0 aliphatic rings. The summed E-state index contributed by atoms with van der Waals surface area (Å²) in [6.45, 7) is 2.53. The normalized spacial score (nSPS) is 11.8. The van der Waals surface area contributed by atoms with E-state index in [-0.39, 0.29) is 18.3 Å². The lowest BCUT2D eigenvalue weighted by Gasteiger charge is -2.05. The molecule has 7 heteroatoms. The van der Waals surface area contributed by atoms with E-state index in [9.17, 15) is 9.59 Å². The van der Waals surface area contributed by atoms with Crippen molar-refractivity contribution < 1.29 is 14.3 Å². The van der Waals surface area contributed by atoms with Gasteiger partial charge >= 0.3 is 5.97 Å². The Balaban J connectivity index is 2.08. The summed E-state index contributed by atoms with van der Waals surface area (Å²) in [5, 5.41) is 1.85. The zero-order chi connectivity index (χ0) is 17.8. The van der Waals surface area contributed by atoms with E-state index in [1.165, 1.54) is 35.3 Å². The number of carbonyl (C=O) groups is 2. The molecule has 0 bridgehead atoms. The molecule has 2 heterocycles. The van der Waals surface area contributed by atoms with Crippen LogP contribution in [0.5, 0.6) is 0 Å². The number of methoxy groups -OCH3 is 1. The molecule has 0 radical (unpaired) electrons. The third kappa shape index (κ3) is 3.88. The van der Waals surface area contributed by atoms with Crippen LogP contribution in [-0.2, 0) is 22.5 Å². The van der Waals surface area contributed by atoms with Gasteiger partial charge in [0, 0.05) is 6.54 Å². The minimum absolute atomic E-state index is 0.234. The number of fused-ring (bicyclic) bond motifs is 1. The molecule has 3 aromatic rings. The summed E-state index contributed by atoms with van der Waals surface area (Å²) in [4.78, 5) is 29.4. The van der Waals surface area contributed by atoms with E-state index in [0.29, 0.717) is 16.2 Å². The zero-order valence-corrected chi connectivity index (χ0v) is 15.7. The van der Waals surface area contributed by atoms with Crippen molar-refractivity contribution in [1.82, 2.24) is 4.57 Å². The lowest BCUT2D eigenvalue weighted by Crippen LogP contribution is -2.19. The second kappa shape index (κ2) is 7.76. The van der Waals surface area contributed by atoms with Crippen LogP contribution in [0, 0.1) is 0 Å². The highest BCUT2D eigenvalue weighted by atomic mass is 32.1. The quantitative estimate of drug-likeness (QED) is 0.641. The molecule has 1 aromatic carbocycles. The van der Waals surface area contributed by atoms with Gasteiger partial charge in [-0.2, -0.15) is 4.99 Å². The summed E-state index contributed by atoms with van der Waals surface area (Å²) in [5.41, 5.74) is 2.20. The molecule has 0 saturated carbocycles. The van der Waals surface area contributed by atoms with Gasteiger partial charge in [0.2, 0.25) is 0 Å². The third-order valence-electron chi connectivity index (χ3n) is 3.85. The highest BCUT2D eigenvalue weighted by Crippen LogP contribution is 2.20. The summed E-state index contributed by atoms with van der Waals surface area (Å²) < 4.78 is 7.71. The number of benzene rings is 1. The van der Waals surface area contributed by atoms with Gasteiger partial charge in [-0.05, 0) is 35.6 Å². The number of thiophene rings is 1. The van der Waals surface area contributed by atoms with Gasteiger partial charge in [0.05, 0.1) is 28.6 Å². The van der Waals surface area contributed by atoms with E-state index < -0.39 is 0 Å². The van der Waals surface area contributed by atoms with Gasteiger partial charge in [-0.15, -0.1) is 11.3 Å². The molecule has 1 amide bonds. The first-order valence-corrected chi connectivity index (χ1v) is 9.63. The van der Waals surface area contributed by atoms with Crippen molar-refractivity contribution in [1.29, 1.82) is 0 Å².